The van der Waals surface area contributed by atoms with Gasteiger partial charge in [-0.2, -0.15) is 0 Å². The van der Waals surface area contributed by atoms with Crippen molar-refractivity contribution in [2.45, 2.75) is 45.1 Å². The molecule has 3 rings (SSSR count). The van der Waals surface area contributed by atoms with E-state index in [1.807, 2.05) is 4.90 Å². The topological polar surface area (TPSA) is 64.7 Å². The second-order valence-electron chi connectivity index (χ2n) is 7.56. The third-order valence-electron chi connectivity index (χ3n) is 5.94. The Bertz CT molecular complexity index is 460. The molecule has 0 bridgehead atoms. The Morgan fingerprint density at radius 3 is 2.81 bits per heavy atom. The SMILES string of the molecule is CCN1CCCC1CN1CC(C(=O)NCCC2CCNC2)CC1=O.Cl.Cl. The van der Waals surface area contributed by atoms with Gasteiger partial charge in [-0.3, -0.25) is 14.5 Å². The highest BCUT2D eigenvalue weighted by atomic mass is 35.5. The third kappa shape index (κ3) is 5.98. The van der Waals surface area contributed by atoms with E-state index in [4.69, 9.17) is 0 Å². The van der Waals surface area contributed by atoms with Gasteiger partial charge in [0.2, 0.25) is 11.8 Å². The van der Waals surface area contributed by atoms with Gasteiger partial charge in [0, 0.05) is 32.1 Å². The van der Waals surface area contributed by atoms with Crippen molar-refractivity contribution in [2.24, 2.45) is 11.8 Å². The molecule has 152 valence electrons. The molecule has 0 aromatic heterocycles. The largest absolute Gasteiger partial charge is 0.356 e. The molecule has 0 spiro atoms. The molecule has 3 aliphatic heterocycles. The van der Waals surface area contributed by atoms with E-state index in [9.17, 15) is 9.59 Å². The average Bonchev–Trinajstić information content (AvgIpc) is 3.30. The fraction of sp³-hybridized carbons (Fsp3) is 0.889. The third-order valence-corrected chi connectivity index (χ3v) is 5.94. The van der Waals surface area contributed by atoms with E-state index in [0.29, 0.717) is 24.9 Å². The van der Waals surface area contributed by atoms with Crippen molar-refractivity contribution in [2.75, 3.05) is 45.8 Å². The zero-order valence-electron chi connectivity index (χ0n) is 15.7. The minimum atomic E-state index is -0.157. The minimum Gasteiger partial charge on any atom is -0.356 e. The van der Waals surface area contributed by atoms with Crippen molar-refractivity contribution >= 4 is 36.6 Å². The maximum absolute atomic E-state index is 12.4. The fourth-order valence-electron chi connectivity index (χ4n) is 4.40. The molecule has 0 aromatic rings. The quantitative estimate of drug-likeness (QED) is 0.665. The van der Waals surface area contributed by atoms with Crippen molar-refractivity contribution in [1.29, 1.82) is 0 Å². The Balaban J connectivity index is 0.00000169. The molecule has 6 nitrogen and oxygen atoms in total. The number of hydrogen-bond acceptors (Lipinski definition) is 4. The lowest BCUT2D eigenvalue weighted by Crippen LogP contribution is -2.41. The second kappa shape index (κ2) is 11.3. The molecule has 3 heterocycles. The number of likely N-dealkylation sites (N-methyl/N-ethyl adjacent to an activating group) is 1. The lowest BCUT2D eigenvalue weighted by Gasteiger charge is -2.27. The molecule has 2 N–H and O–H groups in total. The van der Waals surface area contributed by atoms with Crippen molar-refractivity contribution in [3.05, 3.63) is 0 Å². The van der Waals surface area contributed by atoms with Crippen molar-refractivity contribution in [3.63, 3.8) is 0 Å². The van der Waals surface area contributed by atoms with E-state index in [2.05, 4.69) is 22.5 Å². The van der Waals surface area contributed by atoms with Crippen LogP contribution < -0.4 is 10.6 Å². The number of carbonyl (C=O) groups is 2. The first-order chi connectivity index (χ1) is 11.7. The first-order valence-electron chi connectivity index (χ1n) is 9.67. The molecule has 3 saturated heterocycles. The summed E-state index contributed by atoms with van der Waals surface area (Å²) in [6.07, 6.45) is 5.03. The zero-order valence-corrected chi connectivity index (χ0v) is 17.4. The van der Waals surface area contributed by atoms with E-state index in [-0.39, 0.29) is 42.5 Å². The summed E-state index contributed by atoms with van der Waals surface area (Å²) in [4.78, 5) is 29.0. The van der Waals surface area contributed by atoms with Gasteiger partial charge < -0.3 is 15.5 Å². The van der Waals surface area contributed by atoms with Gasteiger partial charge in [0.05, 0.1) is 5.92 Å². The molecule has 0 saturated carbocycles. The van der Waals surface area contributed by atoms with Crippen LogP contribution in [0.25, 0.3) is 0 Å². The minimum absolute atomic E-state index is 0. The lowest BCUT2D eigenvalue weighted by atomic mass is 10.0. The number of halogens is 2. The molecule has 2 amide bonds. The van der Waals surface area contributed by atoms with Crippen LogP contribution >= 0.6 is 24.8 Å². The van der Waals surface area contributed by atoms with Crippen molar-refractivity contribution in [3.8, 4) is 0 Å². The molecule has 0 aromatic carbocycles. The maximum atomic E-state index is 12.4. The van der Waals surface area contributed by atoms with Gasteiger partial charge in [-0.05, 0) is 57.8 Å². The van der Waals surface area contributed by atoms with Gasteiger partial charge in [-0.15, -0.1) is 24.8 Å². The number of rotatable bonds is 7. The summed E-state index contributed by atoms with van der Waals surface area (Å²) >= 11 is 0. The van der Waals surface area contributed by atoms with E-state index < -0.39 is 0 Å². The lowest BCUT2D eigenvalue weighted by molar-refractivity contribution is -0.129. The van der Waals surface area contributed by atoms with Crippen LogP contribution in [0.5, 0.6) is 0 Å². The number of nitrogens with one attached hydrogen (secondary N) is 2. The van der Waals surface area contributed by atoms with Crippen LogP contribution in [0.2, 0.25) is 0 Å². The summed E-state index contributed by atoms with van der Waals surface area (Å²) < 4.78 is 0. The maximum Gasteiger partial charge on any atom is 0.225 e. The van der Waals surface area contributed by atoms with Crippen LogP contribution in [0.4, 0.5) is 0 Å². The van der Waals surface area contributed by atoms with Crippen LogP contribution in [0.3, 0.4) is 0 Å². The summed E-state index contributed by atoms with van der Waals surface area (Å²) in [7, 11) is 0. The average molecular weight is 409 g/mol. The first kappa shape index (κ1) is 23.5. The predicted molar refractivity (Wildman–Crippen MR) is 108 cm³/mol. The Kier molecular flexibility index (Phi) is 10.2. The van der Waals surface area contributed by atoms with Crippen LogP contribution in [-0.4, -0.2) is 73.5 Å². The number of nitrogens with zero attached hydrogens (tertiary/aromatic N) is 2. The number of likely N-dealkylation sites (tertiary alicyclic amines) is 2. The smallest absolute Gasteiger partial charge is 0.225 e. The van der Waals surface area contributed by atoms with Crippen LogP contribution in [0.15, 0.2) is 0 Å². The van der Waals surface area contributed by atoms with Gasteiger partial charge in [0.25, 0.3) is 0 Å². The Labute approximate surface area is 169 Å². The Hall–Kier alpha value is -0.560. The van der Waals surface area contributed by atoms with Gasteiger partial charge in [-0.25, -0.2) is 0 Å². The summed E-state index contributed by atoms with van der Waals surface area (Å²) in [5.74, 6) is 0.749. The number of amides is 2. The van der Waals surface area contributed by atoms with Crippen molar-refractivity contribution < 1.29 is 9.59 Å². The molecule has 3 aliphatic rings. The van der Waals surface area contributed by atoms with Gasteiger partial charge >= 0.3 is 0 Å². The Morgan fingerprint density at radius 1 is 1.31 bits per heavy atom. The molecular formula is C18H34Cl2N4O2. The Morgan fingerprint density at radius 2 is 2.12 bits per heavy atom. The molecule has 3 unspecified atom stereocenters. The van der Waals surface area contributed by atoms with Gasteiger partial charge in [0.1, 0.15) is 0 Å². The molecule has 0 radical (unpaired) electrons. The molecular weight excluding hydrogens is 375 g/mol. The van der Waals surface area contributed by atoms with Gasteiger partial charge in [0.15, 0.2) is 0 Å². The predicted octanol–water partition coefficient (Wildman–Crippen LogP) is 1.28. The standard InChI is InChI=1S/C18H32N4O2.2ClH/c1-2-21-9-3-4-16(21)13-22-12-15(10-17(22)23)18(24)20-8-6-14-5-7-19-11-14;;/h14-16,19H,2-13H2,1H3,(H,20,24);2*1H. The summed E-state index contributed by atoms with van der Waals surface area (Å²) in [6, 6.07) is 0.482. The highest BCUT2D eigenvalue weighted by Crippen LogP contribution is 2.23. The summed E-state index contributed by atoms with van der Waals surface area (Å²) in [5, 5.41) is 6.40. The van der Waals surface area contributed by atoms with Crippen LogP contribution in [0, 0.1) is 11.8 Å². The van der Waals surface area contributed by atoms with Gasteiger partial charge in [-0.1, -0.05) is 6.92 Å². The molecule has 8 heteroatoms. The van der Waals surface area contributed by atoms with Crippen molar-refractivity contribution in [1.82, 2.24) is 20.4 Å². The van der Waals surface area contributed by atoms with E-state index >= 15 is 0 Å². The summed E-state index contributed by atoms with van der Waals surface area (Å²) in [5.41, 5.74) is 0. The van der Waals surface area contributed by atoms with E-state index in [1.165, 1.54) is 19.3 Å². The van der Waals surface area contributed by atoms with E-state index in [0.717, 1.165) is 45.7 Å². The molecule has 3 atom stereocenters. The highest BCUT2D eigenvalue weighted by molar-refractivity contribution is 5.89. The normalized spacial score (nSPS) is 28.7. The zero-order chi connectivity index (χ0) is 16.9. The van der Waals surface area contributed by atoms with Crippen LogP contribution in [0.1, 0.15) is 39.0 Å². The molecule has 26 heavy (non-hydrogen) atoms. The summed E-state index contributed by atoms with van der Waals surface area (Å²) in [6.45, 7) is 8.67. The number of hydrogen-bond donors (Lipinski definition) is 2. The molecule has 3 fully saturated rings. The van der Waals surface area contributed by atoms with E-state index in [1.54, 1.807) is 0 Å². The number of carbonyl (C=O) groups excluding carboxylic acids is 2. The first-order valence-corrected chi connectivity index (χ1v) is 9.67. The molecule has 0 aliphatic carbocycles. The van der Waals surface area contributed by atoms with Crippen LogP contribution in [-0.2, 0) is 9.59 Å². The monoisotopic (exact) mass is 408 g/mol. The second-order valence-corrected chi connectivity index (χ2v) is 7.56. The fourth-order valence-corrected chi connectivity index (χ4v) is 4.40. The highest BCUT2D eigenvalue weighted by Gasteiger charge is 2.36.